The second kappa shape index (κ2) is 4.84. The Morgan fingerprint density at radius 1 is 0.389 bits per heavy atom. The van der Waals surface area contributed by atoms with Gasteiger partial charge in [-0.25, -0.2) is 0 Å². The zero-order valence-electron chi connectivity index (χ0n) is 11.9. The smallest absolute Gasteiger partial charge is 0 e. The van der Waals surface area contributed by atoms with E-state index in [1.807, 2.05) is 0 Å². The van der Waals surface area contributed by atoms with E-state index in [-0.39, 0.29) is 5.71 Å². The average Bonchev–Trinajstić information content (AvgIpc) is 2.42. The van der Waals surface area contributed by atoms with E-state index in [4.69, 9.17) is 0 Å². The molecule has 4 unspecified atom stereocenters. The Morgan fingerprint density at radius 2 is 0.667 bits per heavy atom. The Hall–Kier alpha value is 0. The lowest BCUT2D eigenvalue weighted by Gasteiger charge is -2.51. The van der Waals surface area contributed by atoms with Gasteiger partial charge in [0.1, 0.15) is 0 Å². The Labute approximate surface area is 119 Å². The molecule has 0 aliphatic heterocycles. The van der Waals surface area contributed by atoms with Crippen molar-refractivity contribution >= 4 is 0 Å². The first-order valence-electron chi connectivity index (χ1n) is 8.90. The molecular weight excluding hydrogens is 216 g/mol. The predicted molar refractivity (Wildman–Crippen MR) is 84.8 cm³/mol. The van der Waals surface area contributed by atoms with E-state index in [1.165, 1.54) is 0 Å². The van der Waals surface area contributed by atoms with Crippen LogP contribution in [0.1, 0.15) is 82.8 Å². The maximum atomic E-state index is 1.64. The highest BCUT2D eigenvalue weighted by Gasteiger charge is 2.44. The molecule has 4 aliphatic carbocycles. The first-order chi connectivity index (χ1) is 8.90. The third-order valence-corrected chi connectivity index (χ3v) is 7.22. The maximum absolute atomic E-state index is 1.64. The fraction of sp³-hybridized carbons (Fsp3) is 1.00. The summed E-state index contributed by atoms with van der Waals surface area (Å²) in [6, 6.07) is 0. The molecule has 4 saturated carbocycles. The summed E-state index contributed by atoms with van der Waals surface area (Å²) in [7, 11) is 0. The molecule has 0 amide bonds. The van der Waals surface area contributed by atoms with Crippen molar-refractivity contribution in [1.29, 1.82) is 0 Å². The van der Waals surface area contributed by atoms with Crippen LogP contribution >= 0.6 is 0 Å². The van der Waals surface area contributed by atoms with Crippen LogP contribution in [0.15, 0.2) is 0 Å². The summed E-state index contributed by atoms with van der Waals surface area (Å²) in [5.74, 6) is 6.92. The van der Waals surface area contributed by atoms with Crippen molar-refractivity contribution in [2.45, 2.75) is 77.0 Å². The minimum Gasteiger partial charge on any atom is -0.0530 e. The predicted octanol–water partition coefficient (Wildman–Crippen LogP) is 6.40. The standard InChI is InChI=1S/C18H30.4H2/c1-2-6-14-10-18-12-16-8-4-3-7-15(16)11-17(18)9-13(14)5-1;;;;/h13-18H,1-12H2;4*1H/i;4*1+1. The van der Waals surface area contributed by atoms with Gasteiger partial charge in [0.05, 0.1) is 0 Å². The minimum absolute atomic E-state index is 0. The first kappa shape index (κ1) is 11.8. The Kier molecular flexibility index (Phi) is 3.17. The van der Waals surface area contributed by atoms with Gasteiger partial charge in [0.2, 0.25) is 0 Å². The molecule has 0 heterocycles. The minimum atomic E-state index is 0. The van der Waals surface area contributed by atoms with E-state index in [9.17, 15) is 0 Å². The van der Waals surface area contributed by atoms with Crippen LogP contribution in [-0.4, -0.2) is 0 Å². The summed E-state index contributed by atoms with van der Waals surface area (Å²) in [5.41, 5.74) is 0. The van der Waals surface area contributed by atoms with E-state index in [1.54, 1.807) is 77.0 Å². The van der Waals surface area contributed by atoms with Crippen LogP contribution in [0, 0.1) is 35.5 Å². The molecular formula is C18H38. The lowest BCUT2D eigenvalue weighted by molar-refractivity contribution is -0.00325. The molecule has 0 saturated heterocycles. The fourth-order valence-corrected chi connectivity index (χ4v) is 6.33. The van der Waals surface area contributed by atoms with Crippen LogP contribution in [0.3, 0.4) is 0 Å². The first-order valence-corrected chi connectivity index (χ1v) is 8.90. The van der Waals surface area contributed by atoms with E-state index in [0.29, 0.717) is 0 Å². The second-order valence-electron chi connectivity index (χ2n) is 8.07. The zero-order valence-corrected chi connectivity index (χ0v) is 11.9. The van der Waals surface area contributed by atoms with Crippen molar-refractivity contribution in [3.05, 3.63) is 0 Å². The number of fused-ring (bicyclic) bond motifs is 3. The topological polar surface area (TPSA) is 0 Å². The average molecular weight is 259 g/mol. The Morgan fingerprint density at radius 3 is 0.944 bits per heavy atom. The molecule has 0 aromatic carbocycles. The van der Waals surface area contributed by atoms with Crippen LogP contribution in [0.4, 0.5) is 0 Å². The van der Waals surface area contributed by atoms with Gasteiger partial charge in [-0.2, -0.15) is 0 Å². The van der Waals surface area contributed by atoms with Crippen LogP contribution in [-0.2, 0) is 0 Å². The van der Waals surface area contributed by atoms with Crippen molar-refractivity contribution in [2.75, 3.05) is 0 Å². The zero-order chi connectivity index (χ0) is 11.9. The number of rotatable bonds is 0. The van der Waals surface area contributed by atoms with Crippen LogP contribution < -0.4 is 0 Å². The van der Waals surface area contributed by atoms with Crippen LogP contribution in [0.5, 0.6) is 0 Å². The van der Waals surface area contributed by atoms with Gasteiger partial charge in [0, 0.05) is 5.71 Å². The van der Waals surface area contributed by atoms with Gasteiger partial charge in [-0.05, 0) is 61.2 Å². The van der Waals surface area contributed by atoms with E-state index >= 15 is 0 Å². The highest BCUT2D eigenvalue weighted by atomic mass is 14.5. The lowest BCUT2D eigenvalue weighted by Crippen LogP contribution is -2.41. The van der Waals surface area contributed by atoms with Crippen molar-refractivity contribution in [3.63, 3.8) is 0 Å². The molecule has 0 bridgehead atoms. The lowest BCUT2D eigenvalue weighted by atomic mass is 9.55. The molecule has 110 valence electrons. The van der Waals surface area contributed by atoms with E-state index in [2.05, 4.69) is 0 Å². The summed E-state index contributed by atoms with van der Waals surface area (Å²) >= 11 is 0. The van der Waals surface area contributed by atoms with E-state index < -0.39 is 0 Å². The molecule has 18 heavy (non-hydrogen) atoms. The highest BCUT2D eigenvalue weighted by Crippen LogP contribution is 2.54. The molecule has 0 spiro atoms. The summed E-state index contributed by atoms with van der Waals surface area (Å²) in [5, 5.41) is 0. The van der Waals surface area contributed by atoms with Gasteiger partial charge in [-0.3, -0.25) is 0 Å². The van der Waals surface area contributed by atoms with Gasteiger partial charge in [-0.1, -0.05) is 51.4 Å². The molecule has 0 aromatic heterocycles. The van der Waals surface area contributed by atoms with Gasteiger partial charge in [0.25, 0.3) is 0 Å². The van der Waals surface area contributed by atoms with Crippen molar-refractivity contribution in [1.82, 2.24) is 0 Å². The molecule has 4 aliphatic rings. The molecule has 0 N–H and O–H groups in total. The molecule has 4 rings (SSSR count). The highest BCUT2D eigenvalue weighted by molar-refractivity contribution is 4.94. The van der Waals surface area contributed by atoms with Gasteiger partial charge in [0.15, 0.2) is 0 Å². The van der Waals surface area contributed by atoms with Crippen molar-refractivity contribution in [3.8, 4) is 0 Å². The SMILES string of the molecule is C1CCC2CC3CC4CCCCC4CC3CC2C1.[2HH].[2HH].[2HH].[2HH]. The molecule has 0 radical (unpaired) electrons. The molecule has 0 nitrogen and oxygen atoms in total. The third kappa shape index (κ3) is 2.04. The molecule has 4 fully saturated rings. The summed E-state index contributed by atoms with van der Waals surface area (Å²) < 4.78 is 0. The maximum Gasteiger partial charge on any atom is 0 e. The largest absolute Gasteiger partial charge is 0.0530 e. The van der Waals surface area contributed by atoms with Crippen molar-refractivity contribution < 1.29 is 5.71 Å². The monoisotopic (exact) mass is 258 g/mol. The number of hydrogen-bond acceptors (Lipinski definition) is 0. The quantitative estimate of drug-likeness (QED) is 0.471. The Balaban J connectivity index is 0.00000110. The van der Waals surface area contributed by atoms with Gasteiger partial charge >= 0.3 is 0 Å². The van der Waals surface area contributed by atoms with Crippen molar-refractivity contribution in [2.24, 2.45) is 35.5 Å². The fourth-order valence-electron chi connectivity index (χ4n) is 6.33. The Bertz CT molecular complexity index is 251. The normalized spacial score (nSPS) is 52.0. The van der Waals surface area contributed by atoms with Crippen LogP contribution in [0.2, 0.25) is 0 Å². The second-order valence-corrected chi connectivity index (χ2v) is 8.07. The molecule has 4 atom stereocenters. The summed E-state index contributed by atoms with van der Waals surface area (Å²) in [6.45, 7) is 0. The number of hydrogen-bond donors (Lipinski definition) is 0. The summed E-state index contributed by atoms with van der Waals surface area (Å²) in [6.07, 6.45) is 19.1. The summed E-state index contributed by atoms with van der Waals surface area (Å²) in [4.78, 5) is 0. The molecule has 0 aromatic rings. The third-order valence-electron chi connectivity index (χ3n) is 7.22. The van der Waals surface area contributed by atoms with E-state index in [0.717, 1.165) is 35.5 Å². The van der Waals surface area contributed by atoms with Gasteiger partial charge in [-0.15, -0.1) is 0 Å². The van der Waals surface area contributed by atoms with Crippen LogP contribution in [0.25, 0.3) is 0 Å². The molecule has 0 heteroatoms. The van der Waals surface area contributed by atoms with Gasteiger partial charge < -0.3 is 0 Å².